The molecule has 2 N–H and O–H groups in total. The average molecular weight is 290 g/mol. The molecule has 6 heteroatoms. The second kappa shape index (κ2) is 6.30. The molecule has 0 aliphatic carbocycles. The normalized spacial score (nSPS) is 17.9. The second-order valence-corrected chi connectivity index (χ2v) is 4.57. The number of benzene rings is 1. The number of hydrogen-bond donors (Lipinski definition) is 2. The molecule has 1 heterocycles. The summed E-state index contributed by atoms with van der Waals surface area (Å²) in [5, 5.41) is 5.31. The van der Waals surface area contributed by atoms with Gasteiger partial charge in [-0.15, -0.1) is 0 Å². The topological polar surface area (TPSA) is 76.7 Å². The molecule has 0 fully saturated rings. The number of rotatable bonds is 4. The quantitative estimate of drug-likeness (QED) is 0.830. The Morgan fingerprint density at radius 3 is 2.81 bits per heavy atom. The number of carbonyl (C=O) groups excluding carboxylic acids is 2. The zero-order chi connectivity index (χ0) is 15.4. The molecular weight excluding hydrogens is 272 g/mol. The highest BCUT2D eigenvalue weighted by Gasteiger charge is 2.31. The number of esters is 1. The fraction of sp³-hybridized carbons (Fsp3) is 0.333. The van der Waals surface area contributed by atoms with E-state index in [0.717, 1.165) is 5.56 Å². The maximum absolute atomic E-state index is 12.0. The van der Waals surface area contributed by atoms with Crippen LogP contribution in [0.25, 0.3) is 0 Å². The predicted octanol–water partition coefficient (Wildman–Crippen LogP) is 1.89. The smallest absolute Gasteiger partial charge is 0.337 e. The van der Waals surface area contributed by atoms with Gasteiger partial charge in [-0.05, 0) is 31.5 Å². The van der Waals surface area contributed by atoms with Gasteiger partial charge in [0, 0.05) is 5.70 Å². The number of allylic oxidation sites excluding steroid dienone is 1. The largest absolute Gasteiger partial charge is 0.494 e. The van der Waals surface area contributed by atoms with Crippen molar-refractivity contribution in [3.05, 3.63) is 41.1 Å². The Balaban J connectivity index is 2.43. The van der Waals surface area contributed by atoms with Crippen molar-refractivity contribution in [2.75, 3.05) is 13.7 Å². The van der Waals surface area contributed by atoms with Crippen LogP contribution in [0, 0.1) is 0 Å². The molecule has 0 spiro atoms. The first-order chi connectivity index (χ1) is 10.1. The summed E-state index contributed by atoms with van der Waals surface area (Å²) < 4.78 is 10.3. The van der Waals surface area contributed by atoms with Gasteiger partial charge in [-0.1, -0.05) is 12.1 Å². The first kappa shape index (κ1) is 14.9. The first-order valence-electron chi connectivity index (χ1n) is 6.66. The number of urea groups is 1. The van der Waals surface area contributed by atoms with Crippen molar-refractivity contribution < 1.29 is 19.1 Å². The maximum atomic E-state index is 12.0. The Morgan fingerprint density at radius 2 is 2.14 bits per heavy atom. The minimum Gasteiger partial charge on any atom is -0.494 e. The first-order valence-corrected chi connectivity index (χ1v) is 6.66. The fourth-order valence-corrected chi connectivity index (χ4v) is 2.27. The summed E-state index contributed by atoms with van der Waals surface area (Å²) in [6.45, 7) is 4.11. The van der Waals surface area contributed by atoms with Gasteiger partial charge in [0.05, 0.1) is 25.3 Å². The van der Waals surface area contributed by atoms with E-state index < -0.39 is 12.0 Å². The van der Waals surface area contributed by atoms with Crippen LogP contribution in [0.2, 0.25) is 0 Å². The van der Waals surface area contributed by atoms with E-state index in [1.54, 1.807) is 13.0 Å². The van der Waals surface area contributed by atoms with Gasteiger partial charge >= 0.3 is 12.0 Å². The van der Waals surface area contributed by atoms with Gasteiger partial charge in [-0.2, -0.15) is 0 Å². The van der Waals surface area contributed by atoms with Crippen LogP contribution >= 0.6 is 0 Å². The van der Waals surface area contributed by atoms with Crippen LogP contribution in [-0.4, -0.2) is 25.7 Å². The zero-order valence-corrected chi connectivity index (χ0v) is 12.2. The van der Waals surface area contributed by atoms with E-state index in [1.807, 2.05) is 25.1 Å². The van der Waals surface area contributed by atoms with Crippen molar-refractivity contribution in [2.24, 2.45) is 0 Å². The number of methoxy groups -OCH3 is 1. The number of hydrogen-bond acceptors (Lipinski definition) is 4. The molecule has 1 aliphatic rings. The highest BCUT2D eigenvalue weighted by Crippen LogP contribution is 2.29. The van der Waals surface area contributed by atoms with Gasteiger partial charge in [0.1, 0.15) is 5.75 Å². The molecule has 2 amide bonds. The van der Waals surface area contributed by atoms with Crippen molar-refractivity contribution in [3.8, 4) is 5.75 Å². The van der Waals surface area contributed by atoms with Crippen molar-refractivity contribution in [3.63, 3.8) is 0 Å². The van der Waals surface area contributed by atoms with E-state index in [1.165, 1.54) is 7.11 Å². The minimum atomic E-state index is -0.563. The molecular formula is C15H18N2O4. The van der Waals surface area contributed by atoms with Crippen LogP contribution in [0.1, 0.15) is 25.5 Å². The minimum absolute atomic E-state index is 0.355. The molecule has 112 valence electrons. The second-order valence-electron chi connectivity index (χ2n) is 4.57. The molecule has 1 aromatic carbocycles. The van der Waals surface area contributed by atoms with E-state index in [2.05, 4.69) is 10.6 Å². The van der Waals surface area contributed by atoms with E-state index in [0.29, 0.717) is 23.6 Å². The van der Waals surface area contributed by atoms with Crippen LogP contribution in [-0.2, 0) is 9.53 Å². The van der Waals surface area contributed by atoms with E-state index in [-0.39, 0.29) is 6.03 Å². The number of ether oxygens (including phenoxy) is 2. The van der Waals surface area contributed by atoms with Crippen LogP contribution in [0.15, 0.2) is 35.5 Å². The maximum Gasteiger partial charge on any atom is 0.337 e. The molecule has 2 rings (SSSR count). The number of nitrogens with one attached hydrogen (secondary N) is 2. The van der Waals surface area contributed by atoms with Gasteiger partial charge in [0.2, 0.25) is 0 Å². The molecule has 1 atom stereocenters. The summed E-state index contributed by atoms with van der Waals surface area (Å²) in [5.74, 6) is 0.205. The van der Waals surface area contributed by atoms with Crippen LogP contribution in [0.4, 0.5) is 4.79 Å². The lowest BCUT2D eigenvalue weighted by Gasteiger charge is -2.28. The van der Waals surface area contributed by atoms with Crippen LogP contribution in [0.5, 0.6) is 5.75 Å². The summed E-state index contributed by atoms with van der Waals surface area (Å²) in [4.78, 5) is 23.7. The molecule has 0 radical (unpaired) electrons. The van der Waals surface area contributed by atoms with Crippen molar-refractivity contribution in [1.82, 2.24) is 10.6 Å². The third-order valence-electron chi connectivity index (χ3n) is 3.18. The Morgan fingerprint density at radius 1 is 1.38 bits per heavy atom. The molecule has 0 saturated carbocycles. The fourth-order valence-electron chi connectivity index (χ4n) is 2.27. The molecule has 6 nitrogen and oxygen atoms in total. The van der Waals surface area contributed by atoms with Crippen LogP contribution < -0.4 is 15.4 Å². The van der Waals surface area contributed by atoms with E-state index in [9.17, 15) is 9.59 Å². The molecule has 1 aromatic rings. The highest BCUT2D eigenvalue weighted by molar-refractivity contribution is 5.94. The Labute approximate surface area is 123 Å². The highest BCUT2D eigenvalue weighted by atomic mass is 16.5. The van der Waals surface area contributed by atoms with Gasteiger partial charge in [0.15, 0.2) is 0 Å². The number of amides is 2. The third kappa shape index (κ3) is 3.16. The van der Waals surface area contributed by atoms with E-state index >= 15 is 0 Å². The van der Waals surface area contributed by atoms with Gasteiger partial charge in [0.25, 0.3) is 0 Å². The zero-order valence-electron chi connectivity index (χ0n) is 12.2. The molecule has 0 aromatic heterocycles. The Bertz CT molecular complexity index is 595. The Kier molecular flexibility index (Phi) is 4.47. The SMILES string of the molecule is CCOc1cccc(C2NC(=O)NC(C)=C2C(=O)OC)c1. The van der Waals surface area contributed by atoms with Gasteiger partial charge in [-0.25, -0.2) is 9.59 Å². The summed E-state index contributed by atoms with van der Waals surface area (Å²) in [5.41, 5.74) is 1.62. The summed E-state index contributed by atoms with van der Waals surface area (Å²) in [6, 6.07) is 6.35. The third-order valence-corrected chi connectivity index (χ3v) is 3.18. The van der Waals surface area contributed by atoms with Crippen molar-refractivity contribution in [1.29, 1.82) is 0 Å². The average Bonchev–Trinajstić information content (AvgIpc) is 2.46. The van der Waals surface area contributed by atoms with Gasteiger partial charge in [-0.3, -0.25) is 0 Å². The molecule has 1 unspecified atom stereocenters. The standard InChI is InChI=1S/C15H18N2O4/c1-4-21-11-7-5-6-10(8-11)13-12(14(18)20-3)9(2)16-15(19)17-13/h5-8,13H,4H2,1-3H3,(H2,16,17,19). The monoisotopic (exact) mass is 290 g/mol. The molecule has 1 aliphatic heterocycles. The predicted molar refractivity (Wildman–Crippen MR) is 76.7 cm³/mol. The Hall–Kier alpha value is -2.50. The summed E-state index contributed by atoms with van der Waals surface area (Å²) in [6.07, 6.45) is 0. The van der Waals surface area contributed by atoms with Crippen molar-refractivity contribution in [2.45, 2.75) is 19.9 Å². The molecule has 0 bridgehead atoms. The van der Waals surface area contributed by atoms with Crippen molar-refractivity contribution >= 4 is 12.0 Å². The molecule has 21 heavy (non-hydrogen) atoms. The van der Waals surface area contributed by atoms with Crippen LogP contribution in [0.3, 0.4) is 0 Å². The summed E-state index contributed by atoms with van der Waals surface area (Å²) >= 11 is 0. The summed E-state index contributed by atoms with van der Waals surface area (Å²) in [7, 11) is 1.31. The van der Waals surface area contributed by atoms with Gasteiger partial charge < -0.3 is 20.1 Å². The lowest BCUT2D eigenvalue weighted by atomic mass is 9.95. The van der Waals surface area contributed by atoms with E-state index in [4.69, 9.17) is 9.47 Å². The number of carbonyl (C=O) groups is 2. The lowest BCUT2D eigenvalue weighted by molar-refractivity contribution is -0.136. The lowest BCUT2D eigenvalue weighted by Crippen LogP contribution is -2.45. The molecule has 0 saturated heterocycles.